The number of aromatic nitrogens is 1. The molecule has 1 aliphatic heterocycles. The third-order valence-corrected chi connectivity index (χ3v) is 3.41. The highest BCUT2D eigenvalue weighted by molar-refractivity contribution is 5.94. The number of hydrogen-bond donors (Lipinski definition) is 1. The van der Waals surface area contributed by atoms with Gasteiger partial charge < -0.3 is 15.0 Å². The molecule has 6 nitrogen and oxygen atoms in total. The Labute approximate surface area is 122 Å². The number of pyridine rings is 1. The summed E-state index contributed by atoms with van der Waals surface area (Å²) in [5, 5.41) is 2.84. The van der Waals surface area contributed by atoms with Crippen molar-refractivity contribution in [1.82, 2.24) is 15.2 Å². The van der Waals surface area contributed by atoms with Crippen LogP contribution in [-0.4, -0.2) is 54.5 Å². The van der Waals surface area contributed by atoms with Crippen molar-refractivity contribution in [3.05, 3.63) is 29.8 Å². The monoisotopic (exact) mass is 295 g/mol. The smallest absolute Gasteiger partial charge is 0.258 e. The normalized spacial score (nSPS) is 15.8. The molecule has 114 valence electrons. The van der Waals surface area contributed by atoms with Crippen LogP contribution in [0.5, 0.6) is 0 Å². The summed E-state index contributed by atoms with van der Waals surface area (Å²) < 4.78 is 18.2. The van der Waals surface area contributed by atoms with E-state index in [-0.39, 0.29) is 30.0 Å². The van der Waals surface area contributed by atoms with E-state index in [1.807, 2.05) is 0 Å². The van der Waals surface area contributed by atoms with Crippen molar-refractivity contribution in [3.8, 4) is 0 Å². The molecule has 1 aromatic heterocycles. The number of halogens is 1. The first-order chi connectivity index (χ1) is 10.1. The molecular weight excluding hydrogens is 277 g/mol. The van der Waals surface area contributed by atoms with E-state index >= 15 is 0 Å². The van der Waals surface area contributed by atoms with Gasteiger partial charge in [-0.15, -0.1) is 0 Å². The lowest BCUT2D eigenvalue weighted by molar-refractivity contribution is -0.125. The second kappa shape index (κ2) is 7.12. The fourth-order valence-electron chi connectivity index (χ4n) is 2.34. The van der Waals surface area contributed by atoms with Crippen LogP contribution >= 0.6 is 0 Å². The van der Waals surface area contributed by atoms with Gasteiger partial charge >= 0.3 is 0 Å². The van der Waals surface area contributed by atoms with Gasteiger partial charge in [0.2, 0.25) is 11.9 Å². The number of carbonyl (C=O) groups excluding carboxylic acids is 2. The average molecular weight is 295 g/mol. The number of hydrogen-bond acceptors (Lipinski definition) is 4. The van der Waals surface area contributed by atoms with Gasteiger partial charge in [0.25, 0.3) is 5.91 Å². The standard InChI is InChI=1S/C14H18FN3O3/c1-21-9-12(19)17-10-4-7-18(8-5-10)14(20)11-3-2-6-16-13(11)15/h2-3,6,10H,4-5,7-9H2,1H3,(H,17,19). The predicted molar refractivity (Wildman–Crippen MR) is 73.1 cm³/mol. The van der Waals surface area contributed by atoms with Crippen molar-refractivity contribution < 1.29 is 18.7 Å². The Hall–Kier alpha value is -2.02. The molecule has 0 bridgehead atoms. The van der Waals surface area contributed by atoms with Crippen LogP contribution in [0.2, 0.25) is 0 Å². The summed E-state index contributed by atoms with van der Waals surface area (Å²) in [5.41, 5.74) is -0.0145. The Morgan fingerprint density at radius 2 is 2.19 bits per heavy atom. The van der Waals surface area contributed by atoms with Crippen LogP contribution in [-0.2, 0) is 9.53 Å². The highest BCUT2D eigenvalue weighted by Crippen LogP contribution is 2.15. The molecule has 1 saturated heterocycles. The summed E-state index contributed by atoms with van der Waals surface area (Å²) in [4.78, 5) is 28.7. The first-order valence-corrected chi connectivity index (χ1v) is 6.80. The zero-order valence-corrected chi connectivity index (χ0v) is 11.8. The topological polar surface area (TPSA) is 71.5 Å². The summed E-state index contributed by atoms with van der Waals surface area (Å²) in [6.45, 7) is 0.982. The molecule has 1 N–H and O–H groups in total. The van der Waals surface area contributed by atoms with Crippen molar-refractivity contribution in [2.45, 2.75) is 18.9 Å². The SMILES string of the molecule is COCC(=O)NC1CCN(C(=O)c2cccnc2F)CC1. The van der Waals surface area contributed by atoms with E-state index < -0.39 is 5.95 Å². The Morgan fingerprint density at radius 3 is 2.81 bits per heavy atom. The number of nitrogens with one attached hydrogen (secondary N) is 1. The Morgan fingerprint density at radius 1 is 1.48 bits per heavy atom. The number of likely N-dealkylation sites (tertiary alicyclic amines) is 1. The molecule has 0 saturated carbocycles. The number of nitrogens with zero attached hydrogens (tertiary/aromatic N) is 2. The van der Waals surface area contributed by atoms with Crippen molar-refractivity contribution in [3.63, 3.8) is 0 Å². The summed E-state index contributed by atoms with van der Waals surface area (Å²) in [7, 11) is 1.46. The number of ether oxygens (including phenoxy) is 1. The van der Waals surface area contributed by atoms with E-state index in [0.717, 1.165) is 0 Å². The van der Waals surface area contributed by atoms with Crippen LogP contribution in [0.25, 0.3) is 0 Å². The van der Waals surface area contributed by atoms with Gasteiger partial charge in [0.15, 0.2) is 0 Å². The van der Waals surface area contributed by atoms with E-state index in [1.54, 1.807) is 4.90 Å². The van der Waals surface area contributed by atoms with E-state index in [4.69, 9.17) is 4.74 Å². The highest BCUT2D eigenvalue weighted by Gasteiger charge is 2.26. The maximum Gasteiger partial charge on any atom is 0.258 e. The zero-order chi connectivity index (χ0) is 15.2. The first-order valence-electron chi connectivity index (χ1n) is 6.80. The van der Waals surface area contributed by atoms with E-state index in [2.05, 4.69) is 10.3 Å². The van der Waals surface area contributed by atoms with Crippen LogP contribution in [0.15, 0.2) is 18.3 Å². The lowest BCUT2D eigenvalue weighted by Gasteiger charge is -2.32. The van der Waals surface area contributed by atoms with Crippen LogP contribution in [0.4, 0.5) is 4.39 Å². The van der Waals surface area contributed by atoms with E-state index in [0.29, 0.717) is 25.9 Å². The van der Waals surface area contributed by atoms with Crippen LogP contribution < -0.4 is 5.32 Å². The quantitative estimate of drug-likeness (QED) is 0.825. The minimum Gasteiger partial charge on any atom is -0.375 e. The molecule has 1 fully saturated rings. The van der Waals surface area contributed by atoms with Gasteiger partial charge in [0, 0.05) is 32.4 Å². The van der Waals surface area contributed by atoms with Gasteiger partial charge in [-0.2, -0.15) is 4.39 Å². The number of amides is 2. The van der Waals surface area contributed by atoms with Gasteiger partial charge in [-0.05, 0) is 25.0 Å². The third kappa shape index (κ3) is 3.98. The van der Waals surface area contributed by atoms with Crippen LogP contribution in [0.3, 0.4) is 0 Å². The lowest BCUT2D eigenvalue weighted by atomic mass is 10.0. The average Bonchev–Trinajstić information content (AvgIpc) is 2.48. The lowest BCUT2D eigenvalue weighted by Crippen LogP contribution is -2.47. The molecule has 2 amide bonds. The Bertz CT molecular complexity index is 516. The second-order valence-electron chi connectivity index (χ2n) is 4.91. The van der Waals surface area contributed by atoms with Crippen LogP contribution in [0.1, 0.15) is 23.2 Å². The summed E-state index contributed by atoms with van der Waals surface area (Å²) in [5.74, 6) is -1.28. The van der Waals surface area contributed by atoms with Gasteiger partial charge in [-0.1, -0.05) is 0 Å². The minimum absolute atomic E-state index is 0.0145. The molecule has 1 aromatic rings. The van der Waals surface area contributed by atoms with Gasteiger partial charge in [-0.3, -0.25) is 9.59 Å². The third-order valence-electron chi connectivity index (χ3n) is 3.41. The Kier molecular flexibility index (Phi) is 5.21. The molecule has 0 radical (unpaired) electrons. The molecule has 0 spiro atoms. The predicted octanol–water partition coefficient (Wildman–Crippen LogP) is 0.588. The Balaban J connectivity index is 1.88. The second-order valence-corrected chi connectivity index (χ2v) is 4.91. The van der Waals surface area contributed by atoms with Crippen molar-refractivity contribution in [1.29, 1.82) is 0 Å². The molecule has 0 aromatic carbocycles. The number of methoxy groups -OCH3 is 1. The summed E-state index contributed by atoms with van der Waals surface area (Å²) in [6.07, 6.45) is 2.59. The van der Waals surface area contributed by atoms with E-state index in [9.17, 15) is 14.0 Å². The van der Waals surface area contributed by atoms with Crippen LogP contribution in [0, 0.1) is 5.95 Å². The summed E-state index contributed by atoms with van der Waals surface area (Å²) >= 11 is 0. The molecule has 1 aliphatic rings. The van der Waals surface area contributed by atoms with Crippen molar-refractivity contribution in [2.75, 3.05) is 26.8 Å². The molecule has 0 unspecified atom stereocenters. The number of piperidine rings is 1. The van der Waals surface area contributed by atoms with Gasteiger partial charge in [0.05, 0.1) is 5.56 Å². The maximum atomic E-state index is 13.5. The minimum atomic E-state index is -0.752. The molecular formula is C14H18FN3O3. The van der Waals surface area contributed by atoms with Crippen molar-refractivity contribution >= 4 is 11.8 Å². The number of rotatable bonds is 4. The van der Waals surface area contributed by atoms with Crippen molar-refractivity contribution in [2.24, 2.45) is 0 Å². The maximum absolute atomic E-state index is 13.5. The molecule has 2 rings (SSSR count). The molecule has 7 heteroatoms. The fourth-order valence-corrected chi connectivity index (χ4v) is 2.34. The molecule has 0 aliphatic carbocycles. The van der Waals surface area contributed by atoms with E-state index in [1.165, 1.54) is 25.4 Å². The van der Waals surface area contributed by atoms with Gasteiger partial charge in [-0.25, -0.2) is 4.98 Å². The zero-order valence-electron chi connectivity index (χ0n) is 11.8. The first kappa shape index (κ1) is 15.4. The molecule has 21 heavy (non-hydrogen) atoms. The molecule has 2 heterocycles. The number of carbonyl (C=O) groups is 2. The largest absolute Gasteiger partial charge is 0.375 e. The highest BCUT2D eigenvalue weighted by atomic mass is 19.1. The molecule has 0 atom stereocenters. The fraction of sp³-hybridized carbons (Fsp3) is 0.500. The van der Waals surface area contributed by atoms with Gasteiger partial charge in [0.1, 0.15) is 6.61 Å². The summed E-state index contributed by atoms with van der Waals surface area (Å²) in [6, 6.07) is 2.99.